The molecule has 3 N–H and O–H groups in total. The third kappa shape index (κ3) is 2.83. The molecule has 0 radical (unpaired) electrons. The Morgan fingerprint density at radius 2 is 2.35 bits per heavy atom. The SMILES string of the molecule is Cn1ccnc1CNC(=O)Cn1ccc(N)n1. The lowest BCUT2D eigenvalue weighted by Gasteiger charge is -2.05. The van der Waals surface area contributed by atoms with E-state index in [4.69, 9.17) is 5.73 Å². The van der Waals surface area contributed by atoms with Crippen LogP contribution in [0.25, 0.3) is 0 Å². The molecule has 17 heavy (non-hydrogen) atoms. The highest BCUT2D eigenvalue weighted by Crippen LogP contribution is 1.96. The van der Waals surface area contributed by atoms with E-state index in [-0.39, 0.29) is 12.5 Å². The van der Waals surface area contributed by atoms with Gasteiger partial charge in [0, 0.05) is 25.6 Å². The van der Waals surface area contributed by atoms with Gasteiger partial charge in [0.05, 0.1) is 6.54 Å². The molecule has 90 valence electrons. The number of aryl methyl sites for hydroxylation is 1. The highest BCUT2D eigenvalue weighted by Gasteiger charge is 2.05. The normalized spacial score (nSPS) is 10.4. The summed E-state index contributed by atoms with van der Waals surface area (Å²) in [7, 11) is 1.88. The Morgan fingerprint density at radius 1 is 1.53 bits per heavy atom. The number of nitrogens with zero attached hydrogens (tertiary/aromatic N) is 4. The van der Waals surface area contributed by atoms with Crippen molar-refractivity contribution in [1.82, 2.24) is 24.6 Å². The van der Waals surface area contributed by atoms with Crippen LogP contribution in [0.3, 0.4) is 0 Å². The molecule has 7 heteroatoms. The molecule has 2 aromatic rings. The quantitative estimate of drug-likeness (QED) is 0.747. The molecule has 2 heterocycles. The first-order chi connectivity index (χ1) is 8.15. The number of nitrogens with two attached hydrogens (primary N) is 1. The van der Waals surface area contributed by atoms with Gasteiger partial charge < -0.3 is 15.6 Å². The van der Waals surface area contributed by atoms with Gasteiger partial charge in [-0.1, -0.05) is 0 Å². The minimum Gasteiger partial charge on any atom is -0.382 e. The van der Waals surface area contributed by atoms with Crippen LogP contribution in [0.2, 0.25) is 0 Å². The number of rotatable bonds is 4. The Hall–Kier alpha value is -2.31. The smallest absolute Gasteiger partial charge is 0.242 e. The highest BCUT2D eigenvalue weighted by atomic mass is 16.2. The minimum atomic E-state index is -0.129. The zero-order valence-corrected chi connectivity index (χ0v) is 9.50. The Balaban J connectivity index is 1.84. The number of carbonyl (C=O) groups excluding carboxylic acids is 1. The fourth-order valence-corrected chi connectivity index (χ4v) is 1.41. The lowest BCUT2D eigenvalue weighted by atomic mass is 10.5. The molecule has 2 rings (SSSR count). The zero-order valence-electron chi connectivity index (χ0n) is 9.50. The number of nitrogens with one attached hydrogen (secondary N) is 1. The van der Waals surface area contributed by atoms with E-state index in [9.17, 15) is 4.79 Å². The molecular weight excluding hydrogens is 220 g/mol. The van der Waals surface area contributed by atoms with Gasteiger partial charge in [0.15, 0.2) is 0 Å². The molecule has 7 nitrogen and oxygen atoms in total. The Morgan fingerprint density at radius 3 is 2.94 bits per heavy atom. The molecule has 0 saturated heterocycles. The summed E-state index contributed by atoms with van der Waals surface area (Å²) in [5.41, 5.74) is 5.45. The van der Waals surface area contributed by atoms with E-state index in [2.05, 4.69) is 15.4 Å². The summed E-state index contributed by atoms with van der Waals surface area (Å²) in [6.45, 7) is 0.556. The molecule has 0 aliphatic rings. The number of imidazole rings is 1. The third-order valence-corrected chi connectivity index (χ3v) is 2.33. The predicted molar refractivity (Wildman–Crippen MR) is 61.7 cm³/mol. The van der Waals surface area contributed by atoms with Crippen LogP contribution in [0.5, 0.6) is 0 Å². The molecule has 0 unspecified atom stereocenters. The maximum Gasteiger partial charge on any atom is 0.242 e. The van der Waals surface area contributed by atoms with Crippen LogP contribution in [0, 0.1) is 0 Å². The molecule has 0 aliphatic carbocycles. The van der Waals surface area contributed by atoms with Crippen molar-refractivity contribution in [1.29, 1.82) is 0 Å². The van der Waals surface area contributed by atoms with Gasteiger partial charge in [-0.2, -0.15) is 5.10 Å². The first-order valence-corrected chi connectivity index (χ1v) is 5.17. The molecule has 0 aliphatic heterocycles. The summed E-state index contributed by atoms with van der Waals surface area (Å²) >= 11 is 0. The molecule has 1 amide bonds. The summed E-state index contributed by atoms with van der Waals surface area (Å²) in [5, 5.41) is 6.69. The van der Waals surface area contributed by atoms with Gasteiger partial charge in [-0.3, -0.25) is 9.48 Å². The number of carbonyl (C=O) groups is 1. The van der Waals surface area contributed by atoms with Gasteiger partial charge in [0.2, 0.25) is 5.91 Å². The predicted octanol–water partition coefficient (Wildman–Crippen LogP) is -0.485. The average Bonchev–Trinajstić information content (AvgIpc) is 2.85. The highest BCUT2D eigenvalue weighted by molar-refractivity contribution is 5.75. The molecule has 0 aromatic carbocycles. The lowest BCUT2D eigenvalue weighted by Crippen LogP contribution is -2.28. The first-order valence-electron chi connectivity index (χ1n) is 5.17. The van der Waals surface area contributed by atoms with E-state index in [1.165, 1.54) is 4.68 Å². The van der Waals surface area contributed by atoms with Gasteiger partial charge in [-0.05, 0) is 6.07 Å². The van der Waals surface area contributed by atoms with Crippen LogP contribution in [0.15, 0.2) is 24.7 Å². The first kappa shape index (κ1) is 11.2. The van der Waals surface area contributed by atoms with Crippen LogP contribution in [-0.4, -0.2) is 25.2 Å². The molecule has 0 saturated carbocycles. The van der Waals surface area contributed by atoms with E-state index in [0.717, 1.165) is 5.82 Å². The summed E-state index contributed by atoms with van der Waals surface area (Å²) < 4.78 is 3.34. The van der Waals surface area contributed by atoms with Crippen molar-refractivity contribution in [3.8, 4) is 0 Å². The standard InChI is InChI=1S/C10H14N6O/c1-15-5-3-12-9(15)6-13-10(17)7-16-4-2-8(11)14-16/h2-5H,6-7H2,1H3,(H2,11,14)(H,13,17). The topological polar surface area (TPSA) is 90.8 Å². The molecule has 0 spiro atoms. The van der Waals surface area contributed by atoms with Gasteiger partial charge in [0.1, 0.15) is 18.2 Å². The van der Waals surface area contributed by atoms with E-state index in [0.29, 0.717) is 12.4 Å². The van der Waals surface area contributed by atoms with Crippen molar-refractivity contribution in [2.45, 2.75) is 13.1 Å². The zero-order chi connectivity index (χ0) is 12.3. The Kier molecular flexibility index (Phi) is 3.08. The van der Waals surface area contributed by atoms with Crippen LogP contribution < -0.4 is 11.1 Å². The molecular formula is C10H14N6O. The van der Waals surface area contributed by atoms with Crippen LogP contribution in [0.1, 0.15) is 5.82 Å². The Bertz CT molecular complexity index is 514. The summed E-state index contributed by atoms with van der Waals surface area (Å²) in [4.78, 5) is 15.7. The largest absolute Gasteiger partial charge is 0.382 e. The van der Waals surface area contributed by atoms with Crippen LogP contribution in [-0.2, 0) is 24.9 Å². The molecule has 0 atom stereocenters. The van der Waals surface area contributed by atoms with E-state index >= 15 is 0 Å². The van der Waals surface area contributed by atoms with Crippen molar-refractivity contribution in [2.24, 2.45) is 7.05 Å². The fourth-order valence-electron chi connectivity index (χ4n) is 1.41. The van der Waals surface area contributed by atoms with E-state index in [1.807, 2.05) is 17.8 Å². The van der Waals surface area contributed by atoms with Crippen molar-refractivity contribution in [3.05, 3.63) is 30.5 Å². The lowest BCUT2D eigenvalue weighted by molar-refractivity contribution is -0.122. The van der Waals surface area contributed by atoms with Gasteiger partial charge in [-0.15, -0.1) is 0 Å². The minimum absolute atomic E-state index is 0.129. The molecule has 2 aromatic heterocycles. The molecule has 0 bridgehead atoms. The van der Waals surface area contributed by atoms with Crippen molar-refractivity contribution in [3.63, 3.8) is 0 Å². The van der Waals surface area contributed by atoms with Gasteiger partial charge >= 0.3 is 0 Å². The van der Waals surface area contributed by atoms with E-state index in [1.54, 1.807) is 18.5 Å². The van der Waals surface area contributed by atoms with Gasteiger partial charge in [-0.25, -0.2) is 4.98 Å². The number of hydrogen-bond donors (Lipinski definition) is 2. The number of hydrogen-bond acceptors (Lipinski definition) is 4. The second kappa shape index (κ2) is 4.69. The second-order valence-electron chi connectivity index (χ2n) is 3.67. The third-order valence-electron chi connectivity index (χ3n) is 2.33. The van der Waals surface area contributed by atoms with Gasteiger partial charge in [0.25, 0.3) is 0 Å². The average molecular weight is 234 g/mol. The van der Waals surface area contributed by atoms with Crippen molar-refractivity contribution < 1.29 is 4.79 Å². The number of amides is 1. The number of nitrogen functional groups attached to an aromatic ring is 1. The van der Waals surface area contributed by atoms with E-state index < -0.39 is 0 Å². The monoisotopic (exact) mass is 234 g/mol. The van der Waals surface area contributed by atoms with Crippen LogP contribution >= 0.6 is 0 Å². The van der Waals surface area contributed by atoms with Crippen molar-refractivity contribution in [2.75, 3.05) is 5.73 Å². The molecule has 0 fully saturated rings. The summed E-state index contributed by atoms with van der Waals surface area (Å²) in [6.07, 6.45) is 5.18. The number of aromatic nitrogens is 4. The maximum atomic E-state index is 11.6. The summed E-state index contributed by atoms with van der Waals surface area (Å²) in [5.74, 6) is 1.08. The second-order valence-corrected chi connectivity index (χ2v) is 3.67. The van der Waals surface area contributed by atoms with Crippen LogP contribution in [0.4, 0.5) is 5.82 Å². The maximum absolute atomic E-state index is 11.6. The Labute approximate surface area is 98.2 Å². The fraction of sp³-hybridized carbons (Fsp3) is 0.300. The summed E-state index contributed by atoms with van der Waals surface area (Å²) in [6, 6.07) is 1.64. The number of anilines is 1. The van der Waals surface area contributed by atoms with Crippen molar-refractivity contribution >= 4 is 11.7 Å².